The van der Waals surface area contributed by atoms with Gasteiger partial charge in [-0.3, -0.25) is 9.69 Å². The Morgan fingerprint density at radius 2 is 1.97 bits per heavy atom. The molecule has 3 heterocycles. The summed E-state index contributed by atoms with van der Waals surface area (Å²) in [7, 11) is 0. The van der Waals surface area contributed by atoms with Gasteiger partial charge in [-0.25, -0.2) is 24.9 Å². The van der Waals surface area contributed by atoms with Crippen LogP contribution in [0.2, 0.25) is 0 Å². The Balaban J connectivity index is 1.50. The predicted octanol–water partition coefficient (Wildman–Crippen LogP) is 4.29. The molecule has 1 amide bonds. The first-order valence-corrected chi connectivity index (χ1v) is 14.9. The fourth-order valence-corrected chi connectivity index (χ4v) is 5.29. The molecule has 2 aromatic heterocycles. The van der Waals surface area contributed by atoms with Crippen LogP contribution in [0.25, 0.3) is 5.70 Å². The SMILES string of the molecule is C=C(/N=C1\C(=C(C)C)N=C(NCc2ccc([S+](C)[O-])nc2)C(=O)N1C(C)C1CC1)c1c(C)ncnc1C1CC1. The molecule has 10 heteroatoms. The minimum atomic E-state index is -1.15. The van der Waals surface area contributed by atoms with E-state index >= 15 is 0 Å². The van der Waals surface area contributed by atoms with E-state index in [4.69, 9.17) is 9.98 Å². The Bertz CT molecular complexity index is 1380. The van der Waals surface area contributed by atoms with Gasteiger partial charge >= 0.3 is 0 Å². The number of hydrogen-bond donors (Lipinski definition) is 1. The highest BCUT2D eigenvalue weighted by Crippen LogP contribution is 2.43. The summed E-state index contributed by atoms with van der Waals surface area (Å²) in [5.41, 5.74) is 5.70. The molecule has 0 saturated heterocycles. The van der Waals surface area contributed by atoms with Gasteiger partial charge in [-0.05, 0) is 76.5 Å². The van der Waals surface area contributed by atoms with Crippen molar-refractivity contribution in [3.63, 3.8) is 0 Å². The standard InChI is InChI=1S/C29H35N7O2S/c1-16(2)25-28(34-18(4)24-17(3)32-15-33-26(24)22-10-11-22)36(19(5)21-8-9-21)29(37)27(35-25)31-14-20-7-12-23(30-13-20)39(6)38/h7,12-13,15,19,21-22H,4,8-11,14H2,1-3,5-6H3,(H,31,35)/b34-28+. The van der Waals surface area contributed by atoms with E-state index in [1.165, 1.54) is 0 Å². The number of carbonyl (C=O) groups excluding carboxylic acids is 1. The molecular formula is C29H35N7O2S. The molecule has 0 bridgehead atoms. The second kappa shape index (κ2) is 11.0. The van der Waals surface area contributed by atoms with Crippen LogP contribution in [0.4, 0.5) is 0 Å². The molecule has 39 heavy (non-hydrogen) atoms. The van der Waals surface area contributed by atoms with Crippen molar-refractivity contribution < 1.29 is 9.35 Å². The number of aromatic nitrogens is 3. The lowest BCUT2D eigenvalue weighted by atomic mass is 10.0. The van der Waals surface area contributed by atoms with Gasteiger partial charge in [-0.2, -0.15) is 0 Å². The molecule has 1 N–H and O–H groups in total. The summed E-state index contributed by atoms with van der Waals surface area (Å²) >= 11 is -1.15. The van der Waals surface area contributed by atoms with Crippen molar-refractivity contribution >= 4 is 34.5 Å². The first-order valence-electron chi connectivity index (χ1n) is 13.4. The summed E-state index contributed by atoms with van der Waals surface area (Å²) < 4.78 is 11.7. The molecule has 2 aliphatic carbocycles. The lowest BCUT2D eigenvalue weighted by Crippen LogP contribution is -2.54. The van der Waals surface area contributed by atoms with Crippen molar-refractivity contribution in [1.82, 2.24) is 25.2 Å². The first kappa shape index (κ1) is 27.2. The number of amidine groups is 2. The fraction of sp³-hybridized carbons (Fsp3) is 0.448. The molecule has 2 atom stereocenters. The highest BCUT2D eigenvalue weighted by molar-refractivity contribution is 7.90. The maximum Gasteiger partial charge on any atom is 0.295 e. The molecule has 9 nitrogen and oxygen atoms in total. The van der Waals surface area contributed by atoms with E-state index in [0.717, 1.165) is 53.8 Å². The molecular weight excluding hydrogens is 510 g/mol. The zero-order valence-electron chi connectivity index (χ0n) is 23.2. The van der Waals surface area contributed by atoms with Crippen molar-refractivity contribution in [1.29, 1.82) is 0 Å². The van der Waals surface area contributed by atoms with Gasteiger partial charge in [-0.1, -0.05) is 6.58 Å². The van der Waals surface area contributed by atoms with Crippen molar-refractivity contribution in [3.05, 3.63) is 65.0 Å². The third-order valence-corrected chi connectivity index (χ3v) is 8.21. The van der Waals surface area contributed by atoms with Gasteiger partial charge in [0, 0.05) is 47.5 Å². The summed E-state index contributed by atoms with van der Waals surface area (Å²) in [6.45, 7) is 12.7. The second-order valence-electron chi connectivity index (χ2n) is 10.8. The number of allylic oxidation sites excluding steroid dienone is 1. The maximum absolute atomic E-state index is 13.9. The summed E-state index contributed by atoms with van der Waals surface area (Å²) in [6, 6.07) is 3.56. The lowest BCUT2D eigenvalue weighted by molar-refractivity contribution is -0.122. The first-order chi connectivity index (χ1) is 18.7. The van der Waals surface area contributed by atoms with E-state index in [1.54, 1.807) is 29.7 Å². The van der Waals surface area contributed by atoms with Crippen LogP contribution in [0.1, 0.15) is 74.9 Å². The maximum atomic E-state index is 13.9. The number of rotatable bonds is 8. The van der Waals surface area contributed by atoms with Gasteiger partial charge in [0.15, 0.2) is 11.7 Å². The zero-order valence-corrected chi connectivity index (χ0v) is 24.0. The fourth-order valence-electron chi connectivity index (χ4n) is 4.83. The van der Waals surface area contributed by atoms with Gasteiger partial charge in [0.1, 0.15) is 18.3 Å². The Morgan fingerprint density at radius 3 is 2.56 bits per heavy atom. The van der Waals surface area contributed by atoms with E-state index in [1.807, 2.05) is 26.8 Å². The third-order valence-electron chi connectivity index (χ3n) is 7.38. The number of hydrogen-bond acceptors (Lipinski definition) is 8. The number of nitrogens with zero attached hydrogens (tertiary/aromatic N) is 6. The summed E-state index contributed by atoms with van der Waals surface area (Å²) in [6.07, 6.45) is 9.23. The number of aryl methyl sites for hydroxylation is 1. The van der Waals surface area contributed by atoms with Crippen LogP contribution in [0.15, 0.2) is 57.5 Å². The molecule has 3 aliphatic rings. The van der Waals surface area contributed by atoms with Crippen LogP contribution in [-0.4, -0.2) is 54.3 Å². The Labute approximate surface area is 232 Å². The number of aliphatic imine (C=N–C) groups is 2. The Morgan fingerprint density at radius 1 is 1.23 bits per heavy atom. The third kappa shape index (κ3) is 5.81. The highest BCUT2D eigenvalue weighted by atomic mass is 32.2. The number of nitrogens with one attached hydrogen (secondary N) is 1. The summed E-state index contributed by atoms with van der Waals surface area (Å²) in [5.74, 6) is 1.40. The van der Waals surface area contributed by atoms with Gasteiger partial charge in [0.2, 0.25) is 5.03 Å². The van der Waals surface area contributed by atoms with Crippen LogP contribution in [0, 0.1) is 12.8 Å². The molecule has 5 rings (SSSR count). The number of carbonyl (C=O) groups is 1. The molecule has 2 fully saturated rings. The monoisotopic (exact) mass is 545 g/mol. The highest BCUT2D eigenvalue weighted by Gasteiger charge is 2.42. The van der Waals surface area contributed by atoms with Crippen LogP contribution in [0.3, 0.4) is 0 Å². The number of pyridine rings is 1. The molecule has 0 aromatic carbocycles. The van der Waals surface area contributed by atoms with E-state index < -0.39 is 11.2 Å². The van der Waals surface area contributed by atoms with Crippen LogP contribution >= 0.6 is 0 Å². The van der Waals surface area contributed by atoms with E-state index in [2.05, 4.69) is 33.8 Å². The van der Waals surface area contributed by atoms with Crippen molar-refractivity contribution in [2.75, 3.05) is 6.26 Å². The van der Waals surface area contributed by atoms with Gasteiger partial charge in [0.05, 0.1) is 17.1 Å². The lowest BCUT2D eigenvalue weighted by Gasteiger charge is -2.35. The zero-order chi connectivity index (χ0) is 27.8. The minimum Gasteiger partial charge on any atom is -0.610 e. The van der Waals surface area contributed by atoms with E-state index in [9.17, 15) is 9.35 Å². The van der Waals surface area contributed by atoms with Crippen LogP contribution in [-0.2, 0) is 22.5 Å². The summed E-state index contributed by atoms with van der Waals surface area (Å²) in [5, 5.41) is 3.74. The Hall–Kier alpha value is -3.37. The van der Waals surface area contributed by atoms with Crippen molar-refractivity contribution in [3.8, 4) is 0 Å². The Kier molecular flexibility index (Phi) is 7.68. The summed E-state index contributed by atoms with van der Waals surface area (Å²) in [4.78, 5) is 38.7. The molecule has 204 valence electrons. The second-order valence-corrected chi connectivity index (χ2v) is 12.1. The van der Waals surface area contributed by atoms with Crippen molar-refractivity contribution in [2.45, 2.75) is 76.9 Å². The average molecular weight is 546 g/mol. The molecule has 2 aromatic rings. The molecule has 2 saturated carbocycles. The van der Waals surface area contributed by atoms with E-state index in [0.29, 0.717) is 40.6 Å². The minimum absolute atomic E-state index is 0.0396. The van der Waals surface area contributed by atoms with Crippen LogP contribution < -0.4 is 5.32 Å². The van der Waals surface area contributed by atoms with Gasteiger partial charge < -0.3 is 9.87 Å². The molecule has 2 unspecified atom stereocenters. The predicted molar refractivity (Wildman–Crippen MR) is 153 cm³/mol. The normalized spacial score (nSPS) is 20.1. The molecule has 0 radical (unpaired) electrons. The van der Waals surface area contributed by atoms with E-state index in [-0.39, 0.29) is 17.8 Å². The van der Waals surface area contributed by atoms with Crippen molar-refractivity contribution in [2.24, 2.45) is 15.9 Å². The topological polar surface area (TPSA) is 119 Å². The average Bonchev–Trinajstić information content (AvgIpc) is 3.81. The number of amides is 1. The van der Waals surface area contributed by atoms with Gasteiger partial charge in [0.25, 0.3) is 5.91 Å². The quantitative estimate of drug-likeness (QED) is 0.495. The van der Waals surface area contributed by atoms with Gasteiger partial charge in [-0.15, -0.1) is 0 Å². The smallest absolute Gasteiger partial charge is 0.295 e. The molecule has 0 spiro atoms. The van der Waals surface area contributed by atoms with Crippen LogP contribution in [0.5, 0.6) is 0 Å². The largest absolute Gasteiger partial charge is 0.610 e. The molecule has 1 aliphatic heterocycles.